The summed E-state index contributed by atoms with van der Waals surface area (Å²) in [7, 11) is 0. The van der Waals surface area contributed by atoms with Gasteiger partial charge in [-0.2, -0.15) is 0 Å². The minimum absolute atomic E-state index is 0.0127. The van der Waals surface area contributed by atoms with Crippen LogP contribution in [0, 0.1) is 5.92 Å². The predicted molar refractivity (Wildman–Crippen MR) is 88.5 cm³/mol. The van der Waals surface area contributed by atoms with Crippen molar-refractivity contribution in [2.24, 2.45) is 11.7 Å². The van der Waals surface area contributed by atoms with Crippen LogP contribution in [0.3, 0.4) is 0 Å². The number of benzene rings is 1. The number of nitrogens with two attached hydrogens (primary N) is 1. The number of ether oxygens (including phenoxy) is 1. The Morgan fingerprint density at radius 3 is 2.64 bits per heavy atom. The molecule has 2 unspecified atom stereocenters. The zero-order valence-corrected chi connectivity index (χ0v) is 13.5. The molecule has 3 N–H and O–H groups in total. The van der Waals surface area contributed by atoms with Crippen LogP contribution in [0.4, 0.5) is 0 Å². The van der Waals surface area contributed by atoms with E-state index in [9.17, 15) is 4.79 Å². The Labute approximate surface area is 133 Å². The minimum atomic E-state index is -0.418. The highest BCUT2D eigenvalue weighted by atomic mass is 16.5. The number of carbonyl (C=O) groups is 1. The van der Waals surface area contributed by atoms with Crippen molar-refractivity contribution in [3.05, 3.63) is 35.9 Å². The van der Waals surface area contributed by atoms with Gasteiger partial charge in [0.1, 0.15) is 0 Å². The van der Waals surface area contributed by atoms with Crippen molar-refractivity contribution in [2.45, 2.75) is 51.1 Å². The van der Waals surface area contributed by atoms with Gasteiger partial charge < -0.3 is 15.8 Å². The van der Waals surface area contributed by atoms with Crippen LogP contribution in [0.15, 0.2) is 30.3 Å². The summed E-state index contributed by atoms with van der Waals surface area (Å²) >= 11 is 0. The van der Waals surface area contributed by atoms with Crippen molar-refractivity contribution in [2.75, 3.05) is 13.2 Å². The number of hydrogen-bond acceptors (Lipinski definition) is 3. The lowest BCUT2D eigenvalue weighted by Gasteiger charge is -2.28. The lowest BCUT2D eigenvalue weighted by Crippen LogP contribution is -2.50. The van der Waals surface area contributed by atoms with Gasteiger partial charge in [0, 0.05) is 19.3 Å². The quantitative estimate of drug-likeness (QED) is 0.812. The van der Waals surface area contributed by atoms with Crippen molar-refractivity contribution < 1.29 is 9.53 Å². The molecule has 1 aliphatic heterocycles. The van der Waals surface area contributed by atoms with E-state index >= 15 is 0 Å². The van der Waals surface area contributed by atoms with Gasteiger partial charge in [-0.25, -0.2) is 0 Å². The molecule has 0 spiro atoms. The second-order valence-corrected chi connectivity index (χ2v) is 6.16. The number of nitrogens with one attached hydrogen (secondary N) is 1. The van der Waals surface area contributed by atoms with Crippen molar-refractivity contribution in [3.63, 3.8) is 0 Å². The van der Waals surface area contributed by atoms with E-state index in [2.05, 4.69) is 24.4 Å². The van der Waals surface area contributed by atoms with E-state index in [1.807, 2.05) is 18.2 Å². The second-order valence-electron chi connectivity index (χ2n) is 6.16. The average molecular weight is 304 g/mol. The Morgan fingerprint density at radius 2 is 2.00 bits per heavy atom. The number of amides is 1. The fourth-order valence-corrected chi connectivity index (χ4v) is 3.06. The van der Waals surface area contributed by atoms with E-state index in [0.717, 1.165) is 32.1 Å². The summed E-state index contributed by atoms with van der Waals surface area (Å²) in [5, 5.41) is 3.16. The molecule has 22 heavy (non-hydrogen) atoms. The van der Waals surface area contributed by atoms with Crippen LogP contribution in [0.2, 0.25) is 0 Å². The summed E-state index contributed by atoms with van der Waals surface area (Å²) in [5.74, 6) is 0.231. The van der Waals surface area contributed by atoms with E-state index < -0.39 is 6.04 Å². The second kappa shape index (κ2) is 8.91. The third-order valence-corrected chi connectivity index (χ3v) is 4.39. The first-order chi connectivity index (χ1) is 10.7. The Bertz CT molecular complexity index is 444. The standard InChI is InChI=1S/C18H28N2O2/c1-2-6-16(13-14-7-4-3-5-8-14)20-18(21)17(19)15-9-11-22-12-10-15/h3-5,7-8,15-17H,2,6,9-13,19H2,1H3,(H,20,21). The van der Waals surface area contributed by atoms with Gasteiger partial charge in [0.05, 0.1) is 6.04 Å². The fraction of sp³-hybridized carbons (Fsp3) is 0.611. The first-order valence-electron chi connectivity index (χ1n) is 8.38. The summed E-state index contributed by atoms with van der Waals surface area (Å²) in [6, 6.07) is 10.0. The maximum atomic E-state index is 12.4. The number of hydrogen-bond donors (Lipinski definition) is 2. The van der Waals surface area contributed by atoms with Gasteiger partial charge in [0.25, 0.3) is 0 Å². The highest BCUT2D eigenvalue weighted by molar-refractivity contribution is 5.82. The third kappa shape index (κ3) is 5.11. The number of rotatable bonds is 7. The van der Waals surface area contributed by atoms with Crippen LogP contribution in [-0.4, -0.2) is 31.2 Å². The first kappa shape index (κ1) is 17.0. The molecule has 2 atom stereocenters. The van der Waals surface area contributed by atoms with Crippen molar-refractivity contribution in [3.8, 4) is 0 Å². The Morgan fingerprint density at radius 1 is 1.32 bits per heavy atom. The van der Waals surface area contributed by atoms with Gasteiger partial charge in [-0.15, -0.1) is 0 Å². The van der Waals surface area contributed by atoms with Crippen LogP contribution >= 0.6 is 0 Å². The van der Waals surface area contributed by atoms with Crippen molar-refractivity contribution >= 4 is 5.91 Å². The molecule has 1 saturated heterocycles. The van der Waals surface area contributed by atoms with E-state index in [1.165, 1.54) is 5.56 Å². The maximum absolute atomic E-state index is 12.4. The highest BCUT2D eigenvalue weighted by Crippen LogP contribution is 2.18. The molecular formula is C18H28N2O2. The molecule has 2 rings (SSSR count). The third-order valence-electron chi connectivity index (χ3n) is 4.39. The van der Waals surface area contributed by atoms with Gasteiger partial charge in [0.15, 0.2) is 0 Å². The molecule has 1 aliphatic rings. The molecule has 0 bridgehead atoms. The zero-order valence-electron chi connectivity index (χ0n) is 13.5. The Kier molecular flexibility index (Phi) is 6.87. The molecule has 0 radical (unpaired) electrons. The van der Waals surface area contributed by atoms with E-state index in [1.54, 1.807) is 0 Å². The summed E-state index contributed by atoms with van der Waals surface area (Å²) < 4.78 is 5.34. The Balaban J connectivity index is 1.90. The molecule has 0 saturated carbocycles. The molecule has 4 heteroatoms. The smallest absolute Gasteiger partial charge is 0.237 e. The van der Waals surface area contributed by atoms with Crippen LogP contribution in [0.5, 0.6) is 0 Å². The van der Waals surface area contributed by atoms with Crippen LogP contribution < -0.4 is 11.1 Å². The molecule has 122 valence electrons. The van der Waals surface area contributed by atoms with E-state index in [-0.39, 0.29) is 17.9 Å². The predicted octanol–water partition coefficient (Wildman–Crippen LogP) is 2.27. The molecule has 0 aliphatic carbocycles. The molecule has 1 amide bonds. The van der Waals surface area contributed by atoms with Gasteiger partial charge in [-0.3, -0.25) is 4.79 Å². The topological polar surface area (TPSA) is 64.4 Å². The largest absolute Gasteiger partial charge is 0.381 e. The van der Waals surface area contributed by atoms with Gasteiger partial charge in [0.2, 0.25) is 5.91 Å². The molecule has 1 aromatic rings. The summed E-state index contributed by atoms with van der Waals surface area (Å²) in [5.41, 5.74) is 7.41. The number of carbonyl (C=O) groups excluding carboxylic acids is 1. The fourth-order valence-electron chi connectivity index (χ4n) is 3.06. The van der Waals surface area contributed by atoms with Gasteiger partial charge >= 0.3 is 0 Å². The van der Waals surface area contributed by atoms with E-state index in [4.69, 9.17) is 10.5 Å². The maximum Gasteiger partial charge on any atom is 0.237 e. The average Bonchev–Trinajstić information content (AvgIpc) is 2.56. The SMILES string of the molecule is CCCC(Cc1ccccc1)NC(=O)C(N)C1CCOCC1. The first-order valence-corrected chi connectivity index (χ1v) is 8.38. The van der Waals surface area contributed by atoms with Gasteiger partial charge in [-0.1, -0.05) is 43.7 Å². The van der Waals surface area contributed by atoms with Gasteiger partial charge in [-0.05, 0) is 37.2 Å². The van der Waals surface area contributed by atoms with Crippen LogP contribution in [0.1, 0.15) is 38.2 Å². The Hall–Kier alpha value is -1.39. The summed E-state index contributed by atoms with van der Waals surface area (Å²) in [4.78, 5) is 12.4. The lowest BCUT2D eigenvalue weighted by atomic mass is 9.91. The molecule has 4 nitrogen and oxygen atoms in total. The van der Waals surface area contributed by atoms with Crippen LogP contribution in [-0.2, 0) is 16.0 Å². The zero-order chi connectivity index (χ0) is 15.8. The van der Waals surface area contributed by atoms with Crippen molar-refractivity contribution in [1.82, 2.24) is 5.32 Å². The summed E-state index contributed by atoms with van der Waals surface area (Å²) in [6.07, 6.45) is 4.64. The van der Waals surface area contributed by atoms with Crippen molar-refractivity contribution in [1.29, 1.82) is 0 Å². The molecule has 1 heterocycles. The van der Waals surface area contributed by atoms with Crippen LogP contribution in [0.25, 0.3) is 0 Å². The van der Waals surface area contributed by atoms with E-state index in [0.29, 0.717) is 13.2 Å². The molecule has 1 aromatic carbocycles. The lowest BCUT2D eigenvalue weighted by molar-refractivity contribution is -0.125. The monoisotopic (exact) mass is 304 g/mol. The highest BCUT2D eigenvalue weighted by Gasteiger charge is 2.27. The summed E-state index contributed by atoms with van der Waals surface area (Å²) in [6.45, 7) is 3.57. The molecule has 0 aromatic heterocycles. The molecular weight excluding hydrogens is 276 g/mol. The molecule has 1 fully saturated rings. The normalized spacial score (nSPS) is 18.6. The minimum Gasteiger partial charge on any atom is -0.381 e.